The summed E-state index contributed by atoms with van der Waals surface area (Å²) in [6.45, 7) is 6.89. The van der Waals surface area contributed by atoms with Crippen LogP contribution in [-0.4, -0.2) is 29.3 Å². The van der Waals surface area contributed by atoms with Crippen LogP contribution in [0.15, 0.2) is 66.7 Å². The smallest absolute Gasteiger partial charge is 0.242 e. The molecule has 3 rings (SSSR count). The molecule has 0 saturated heterocycles. The molecule has 4 heteroatoms. The van der Waals surface area contributed by atoms with E-state index in [0.29, 0.717) is 32.4 Å². The third-order valence-corrected chi connectivity index (χ3v) is 5.70. The van der Waals surface area contributed by atoms with Crippen molar-refractivity contribution in [1.82, 2.24) is 10.2 Å². The van der Waals surface area contributed by atoms with Crippen LogP contribution in [0.5, 0.6) is 0 Å². The van der Waals surface area contributed by atoms with Gasteiger partial charge < -0.3 is 10.2 Å². The lowest BCUT2D eigenvalue weighted by atomic mass is 10.00. The number of likely N-dealkylation sites (N-methyl/N-ethyl adjacent to an activating group) is 1. The van der Waals surface area contributed by atoms with Crippen molar-refractivity contribution >= 4 is 22.6 Å². The maximum absolute atomic E-state index is 13.4. The molecule has 2 amide bonds. The topological polar surface area (TPSA) is 49.4 Å². The Labute approximate surface area is 185 Å². The van der Waals surface area contributed by atoms with Gasteiger partial charge in [-0.1, -0.05) is 79.2 Å². The highest BCUT2D eigenvalue weighted by Crippen LogP contribution is 2.21. The average molecular weight is 417 g/mol. The van der Waals surface area contributed by atoms with Gasteiger partial charge in [-0.05, 0) is 48.6 Å². The van der Waals surface area contributed by atoms with Gasteiger partial charge in [-0.25, -0.2) is 0 Å². The summed E-state index contributed by atoms with van der Waals surface area (Å²) in [5.74, 6) is -0.0813. The van der Waals surface area contributed by atoms with Crippen molar-refractivity contribution in [3.63, 3.8) is 0 Å². The van der Waals surface area contributed by atoms with Crippen LogP contribution in [0, 0.1) is 6.92 Å². The molecule has 0 unspecified atom stereocenters. The zero-order chi connectivity index (χ0) is 22.2. The molecule has 0 fully saturated rings. The first-order chi connectivity index (χ1) is 15.0. The molecule has 3 aromatic carbocycles. The first-order valence-corrected chi connectivity index (χ1v) is 11.1. The Balaban J connectivity index is 1.81. The summed E-state index contributed by atoms with van der Waals surface area (Å²) in [7, 11) is 0. The molecule has 31 heavy (non-hydrogen) atoms. The summed E-state index contributed by atoms with van der Waals surface area (Å²) in [6, 6.07) is 22.1. The fraction of sp³-hybridized carbons (Fsp3) is 0.333. The molecule has 162 valence electrons. The van der Waals surface area contributed by atoms with Crippen molar-refractivity contribution in [3.8, 4) is 0 Å². The molecular formula is C27H32N2O2. The summed E-state index contributed by atoms with van der Waals surface area (Å²) in [5.41, 5.74) is 3.37. The van der Waals surface area contributed by atoms with Crippen LogP contribution in [0.1, 0.15) is 43.4 Å². The molecular weight excluding hydrogens is 384 g/mol. The van der Waals surface area contributed by atoms with E-state index in [9.17, 15) is 9.59 Å². The molecule has 1 N–H and O–H groups in total. The number of rotatable bonds is 9. The number of carbonyl (C=O) groups excluding carboxylic acids is 2. The van der Waals surface area contributed by atoms with Crippen molar-refractivity contribution in [3.05, 3.63) is 83.4 Å². The van der Waals surface area contributed by atoms with Gasteiger partial charge in [0.15, 0.2) is 0 Å². The summed E-state index contributed by atoms with van der Waals surface area (Å²) in [6.07, 6.45) is 1.60. The largest absolute Gasteiger partial charge is 0.355 e. The minimum atomic E-state index is -0.471. The molecule has 0 aliphatic heterocycles. The highest BCUT2D eigenvalue weighted by atomic mass is 16.2. The van der Waals surface area contributed by atoms with Gasteiger partial charge in [0.25, 0.3) is 0 Å². The number of hydrogen-bond acceptors (Lipinski definition) is 2. The van der Waals surface area contributed by atoms with E-state index in [1.165, 1.54) is 16.3 Å². The maximum Gasteiger partial charge on any atom is 0.242 e. The lowest BCUT2D eigenvalue weighted by Gasteiger charge is -2.30. The Morgan fingerprint density at radius 2 is 1.65 bits per heavy atom. The number of fused-ring (bicyclic) bond motifs is 1. The van der Waals surface area contributed by atoms with Gasteiger partial charge in [0.05, 0.1) is 0 Å². The summed E-state index contributed by atoms with van der Waals surface area (Å²) >= 11 is 0. The normalized spacial score (nSPS) is 11.8. The van der Waals surface area contributed by atoms with Crippen molar-refractivity contribution < 1.29 is 9.59 Å². The minimum absolute atomic E-state index is 0.00612. The highest BCUT2D eigenvalue weighted by molar-refractivity contribution is 5.89. The zero-order valence-electron chi connectivity index (χ0n) is 18.7. The van der Waals surface area contributed by atoms with Crippen LogP contribution in [0.25, 0.3) is 10.8 Å². The van der Waals surface area contributed by atoms with Gasteiger partial charge in [-0.15, -0.1) is 0 Å². The van der Waals surface area contributed by atoms with E-state index in [2.05, 4.69) is 29.6 Å². The SMILES string of the molecule is CCNC(=O)[C@H](CC)N(Cc1ccc(C)cc1)C(=O)CCc1cccc2ccccc12. The monoisotopic (exact) mass is 416 g/mol. The van der Waals surface area contributed by atoms with Crippen LogP contribution < -0.4 is 5.32 Å². The zero-order valence-corrected chi connectivity index (χ0v) is 18.7. The van der Waals surface area contributed by atoms with E-state index in [4.69, 9.17) is 0 Å². The molecule has 4 nitrogen and oxygen atoms in total. The lowest BCUT2D eigenvalue weighted by Crippen LogP contribution is -2.49. The van der Waals surface area contributed by atoms with Crippen LogP contribution >= 0.6 is 0 Å². The molecule has 0 aliphatic rings. The van der Waals surface area contributed by atoms with E-state index in [-0.39, 0.29) is 11.8 Å². The van der Waals surface area contributed by atoms with Crippen LogP contribution in [-0.2, 0) is 22.6 Å². The van der Waals surface area contributed by atoms with Gasteiger partial charge in [-0.2, -0.15) is 0 Å². The number of carbonyl (C=O) groups is 2. The lowest BCUT2D eigenvalue weighted by molar-refractivity contribution is -0.141. The van der Waals surface area contributed by atoms with Gasteiger partial charge in [0.2, 0.25) is 11.8 Å². The van der Waals surface area contributed by atoms with E-state index in [1.54, 1.807) is 4.90 Å². The second kappa shape index (κ2) is 10.8. The molecule has 0 saturated carbocycles. The number of hydrogen-bond donors (Lipinski definition) is 1. The predicted molar refractivity (Wildman–Crippen MR) is 127 cm³/mol. The fourth-order valence-electron chi connectivity index (χ4n) is 4.00. The molecule has 0 aliphatic carbocycles. The molecule has 3 aromatic rings. The highest BCUT2D eigenvalue weighted by Gasteiger charge is 2.28. The van der Waals surface area contributed by atoms with Crippen molar-refractivity contribution in [2.24, 2.45) is 0 Å². The third-order valence-electron chi connectivity index (χ3n) is 5.70. The van der Waals surface area contributed by atoms with E-state index in [1.807, 2.05) is 63.2 Å². The number of amides is 2. The number of nitrogens with zero attached hydrogens (tertiary/aromatic N) is 1. The van der Waals surface area contributed by atoms with Gasteiger partial charge in [0, 0.05) is 19.5 Å². The van der Waals surface area contributed by atoms with Gasteiger partial charge in [-0.3, -0.25) is 9.59 Å². The van der Waals surface area contributed by atoms with Crippen molar-refractivity contribution in [2.75, 3.05) is 6.54 Å². The number of nitrogens with one attached hydrogen (secondary N) is 1. The summed E-state index contributed by atoms with van der Waals surface area (Å²) in [5, 5.41) is 5.25. The minimum Gasteiger partial charge on any atom is -0.355 e. The Hall–Kier alpha value is -3.14. The van der Waals surface area contributed by atoms with E-state index in [0.717, 1.165) is 11.1 Å². The van der Waals surface area contributed by atoms with Crippen LogP contribution in [0.2, 0.25) is 0 Å². The van der Waals surface area contributed by atoms with Crippen LogP contribution in [0.4, 0.5) is 0 Å². The van der Waals surface area contributed by atoms with Crippen molar-refractivity contribution in [1.29, 1.82) is 0 Å². The quantitative estimate of drug-likeness (QED) is 0.532. The number of benzene rings is 3. The summed E-state index contributed by atoms with van der Waals surface area (Å²) in [4.78, 5) is 27.8. The third kappa shape index (κ3) is 5.72. The van der Waals surface area contributed by atoms with Gasteiger partial charge in [0.1, 0.15) is 6.04 Å². The molecule has 0 bridgehead atoms. The van der Waals surface area contributed by atoms with E-state index < -0.39 is 6.04 Å². The van der Waals surface area contributed by atoms with E-state index >= 15 is 0 Å². The maximum atomic E-state index is 13.4. The fourth-order valence-corrected chi connectivity index (χ4v) is 4.00. The van der Waals surface area contributed by atoms with Gasteiger partial charge >= 0.3 is 0 Å². The Morgan fingerprint density at radius 3 is 2.35 bits per heavy atom. The molecule has 0 radical (unpaired) electrons. The van der Waals surface area contributed by atoms with Crippen molar-refractivity contribution in [2.45, 2.75) is 52.6 Å². The molecule has 0 spiro atoms. The Bertz CT molecular complexity index is 1020. The predicted octanol–water partition coefficient (Wildman–Crippen LogP) is 5.02. The average Bonchev–Trinajstić information content (AvgIpc) is 2.78. The Kier molecular flexibility index (Phi) is 7.82. The standard InChI is InChI=1S/C27H32N2O2/c1-4-25(27(31)28-5-2)29(19-21-15-13-20(3)14-16-21)26(30)18-17-23-11-8-10-22-9-6-7-12-24(22)23/h6-16,25H,4-5,17-19H2,1-3H3,(H,28,31)/t25-/m0/s1. The summed E-state index contributed by atoms with van der Waals surface area (Å²) < 4.78 is 0. The Morgan fingerprint density at radius 1 is 0.935 bits per heavy atom. The first kappa shape index (κ1) is 22.5. The van der Waals surface area contributed by atoms with Crippen LogP contribution in [0.3, 0.4) is 0 Å². The molecule has 0 heterocycles. The second-order valence-corrected chi connectivity index (χ2v) is 7.96. The number of aryl methyl sites for hydroxylation is 2. The molecule has 1 atom stereocenters. The molecule has 0 aromatic heterocycles. The second-order valence-electron chi connectivity index (χ2n) is 7.96. The first-order valence-electron chi connectivity index (χ1n) is 11.1.